The third-order valence-corrected chi connectivity index (χ3v) is 3.26. The van der Waals surface area contributed by atoms with E-state index in [0.717, 1.165) is 18.7 Å². The Morgan fingerprint density at radius 1 is 1.29 bits per heavy atom. The molecule has 5 nitrogen and oxygen atoms in total. The number of para-hydroxylation sites is 1. The molecule has 1 aliphatic rings. The Bertz CT molecular complexity index is 412. The number of aliphatic hydroxyl groups is 1. The lowest BCUT2D eigenvalue weighted by Crippen LogP contribution is -2.43. The Morgan fingerprint density at radius 2 is 2.00 bits per heavy atom. The van der Waals surface area contributed by atoms with Crippen molar-refractivity contribution in [1.82, 2.24) is 10.6 Å². The molecular formula is C14H23Cl2N3O2. The van der Waals surface area contributed by atoms with Crippen LogP contribution in [0.15, 0.2) is 30.3 Å². The minimum atomic E-state index is -0.657. The van der Waals surface area contributed by atoms with Crippen LogP contribution in [0.2, 0.25) is 0 Å². The summed E-state index contributed by atoms with van der Waals surface area (Å²) in [6.45, 7) is 2.57. The Morgan fingerprint density at radius 3 is 2.62 bits per heavy atom. The number of hydrogen-bond acceptors (Lipinski definition) is 4. The molecule has 1 unspecified atom stereocenters. The molecule has 4 N–H and O–H groups in total. The molecule has 0 spiro atoms. The van der Waals surface area contributed by atoms with E-state index in [2.05, 4.69) is 16.0 Å². The highest BCUT2D eigenvalue weighted by molar-refractivity contribution is 5.90. The highest BCUT2D eigenvalue weighted by atomic mass is 35.5. The second kappa shape index (κ2) is 9.97. The highest BCUT2D eigenvalue weighted by Gasteiger charge is 2.30. The second-order valence-corrected chi connectivity index (χ2v) is 4.99. The quantitative estimate of drug-likeness (QED) is 0.589. The molecule has 1 amide bonds. The van der Waals surface area contributed by atoms with Gasteiger partial charge in [-0.05, 0) is 25.1 Å². The zero-order valence-corrected chi connectivity index (χ0v) is 13.4. The Labute approximate surface area is 137 Å². The number of anilines is 1. The van der Waals surface area contributed by atoms with E-state index in [1.165, 1.54) is 0 Å². The first-order valence-corrected chi connectivity index (χ1v) is 6.67. The maximum Gasteiger partial charge on any atom is 0.225 e. The van der Waals surface area contributed by atoms with Gasteiger partial charge in [0.05, 0.1) is 5.60 Å². The number of benzene rings is 1. The molecule has 0 bridgehead atoms. The van der Waals surface area contributed by atoms with Crippen molar-refractivity contribution in [2.45, 2.75) is 18.4 Å². The zero-order valence-electron chi connectivity index (χ0n) is 11.8. The van der Waals surface area contributed by atoms with Crippen molar-refractivity contribution < 1.29 is 9.90 Å². The third kappa shape index (κ3) is 7.11. The topological polar surface area (TPSA) is 73.4 Å². The van der Waals surface area contributed by atoms with Crippen molar-refractivity contribution >= 4 is 36.4 Å². The average molecular weight is 336 g/mol. The molecule has 1 saturated heterocycles. The fraction of sp³-hybridized carbons (Fsp3) is 0.500. The number of β-amino-alcohol motifs (C(OH)–C–C–N with tert-alkyl or cyclic N) is 1. The van der Waals surface area contributed by atoms with Gasteiger partial charge in [-0.25, -0.2) is 0 Å². The monoisotopic (exact) mass is 335 g/mol. The minimum absolute atomic E-state index is 0. The summed E-state index contributed by atoms with van der Waals surface area (Å²) >= 11 is 0. The van der Waals surface area contributed by atoms with Crippen LogP contribution in [0.1, 0.15) is 12.8 Å². The van der Waals surface area contributed by atoms with Crippen LogP contribution in [0.25, 0.3) is 0 Å². The summed E-state index contributed by atoms with van der Waals surface area (Å²) < 4.78 is 0. The molecule has 7 heteroatoms. The van der Waals surface area contributed by atoms with Gasteiger partial charge in [0.1, 0.15) is 0 Å². The van der Waals surface area contributed by atoms with Crippen molar-refractivity contribution in [3.8, 4) is 0 Å². The normalized spacial score (nSPS) is 20.2. The molecular weight excluding hydrogens is 313 g/mol. The zero-order chi connectivity index (χ0) is 13.6. The van der Waals surface area contributed by atoms with Crippen LogP contribution in [0, 0.1) is 0 Å². The average Bonchev–Trinajstić information content (AvgIpc) is 2.83. The standard InChI is InChI=1S/C14H21N3O2.2ClH/c18-13(17-12-4-2-1-3-5-12)6-8-15-10-14(19)7-9-16-11-14;;/h1-5,15-16,19H,6-11H2,(H,17,18);2*1H. The van der Waals surface area contributed by atoms with Crippen LogP contribution in [-0.4, -0.2) is 42.8 Å². The van der Waals surface area contributed by atoms with E-state index in [-0.39, 0.29) is 30.7 Å². The summed E-state index contributed by atoms with van der Waals surface area (Å²) in [7, 11) is 0. The van der Waals surface area contributed by atoms with E-state index in [0.29, 0.717) is 26.1 Å². The molecule has 0 aliphatic carbocycles. The van der Waals surface area contributed by atoms with Gasteiger partial charge in [-0.3, -0.25) is 4.79 Å². The van der Waals surface area contributed by atoms with Crippen molar-refractivity contribution in [3.05, 3.63) is 30.3 Å². The Hall–Kier alpha value is -0.850. The van der Waals surface area contributed by atoms with Crippen LogP contribution in [0.4, 0.5) is 5.69 Å². The molecule has 21 heavy (non-hydrogen) atoms. The molecule has 1 aliphatic heterocycles. The molecule has 1 aromatic rings. The highest BCUT2D eigenvalue weighted by Crippen LogP contribution is 2.12. The SMILES string of the molecule is Cl.Cl.O=C(CCNCC1(O)CCNC1)Nc1ccccc1. The van der Waals surface area contributed by atoms with Gasteiger partial charge in [0.15, 0.2) is 0 Å². The van der Waals surface area contributed by atoms with Gasteiger partial charge in [0, 0.05) is 31.7 Å². The number of carbonyl (C=O) groups is 1. The lowest BCUT2D eigenvalue weighted by molar-refractivity contribution is -0.116. The van der Waals surface area contributed by atoms with Crippen LogP contribution in [0.5, 0.6) is 0 Å². The lowest BCUT2D eigenvalue weighted by atomic mass is 10.0. The fourth-order valence-electron chi connectivity index (χ4n) is 2.15. The molecule has 1 fully saturated rings. The van der Waals surface area contributed by atoms with Gasteiger partial charge in [0.25, 0.3) is 0 Å². The van der Waals surface area contributed by atoms with E-state index in [1.807, 2.05) is 30.3 Å². The summed E-state index contributed by atoms with van der Waals surface area (Å²) in [4.78, 5) is 11.7. The van der Waals surface area contributed by atoms with Gasteiger partial charge >= 0.3 is 0 Å². The lowest BCUT2D eigenvalue weighted by Gasteiger charge is -2.21. The number of carbonyl (C=O) groups excluding carboxylic acids is 1. The smallest absolute Gasteiger partial charge is 0.225 e. The van der Waals surface area contributed by atoms with Crippen molar-refractivity contribution in [2.75, 3.05) is 31.5 Å². The van der Waals surface area contributed by atoms with Gasteiger partial charge in [-0.15, -0.1) is 24.8 Å². The number of amides is 1. The van der Waals surface area contributed by atoms with Gasteiger partial charge in [0.2, 0.25) is 5.91 Å². The summed E-state index contributed by atoms with van der Waals surface area (Å²) in [5.41, 5.74) is 0.154. The van der Waals surface area contributed by atoms with Gasteiger partial charge in [-0.1, -0.05) is 18.2 Å². The molecule has 0 radical (unpaired) electrons. The predicted molar refractivity (Wildman–Crippen MR) is 89.5 cm³/mol. The van der Waals surface area contributed by atoms with Crippen molar-refractivity contribution in [1.29, 1.82) is 0 Å². The summed E-state index contributed by atoms with van der Waals surface area (Å²) in [5, 5.41) is 19.2. The minimum Gasteiger partial charge on any atom is -0.387 e. The number of nitrogens with one attached hydrogen (secondary N) is 3. The first-order chi connectivity index (χ1) is 9.18. The molecule has 120 valence electrons. The van der Waals surface area contributed by atoms with Crippen molar-refractivity contribution in [3.63, 3.8) is 0 Å². The summed E-state index contributed by atoms with van der Waals surface area (Å²) in [5.74, 6) is -0.0183. The second-order valence-electron chi connectivity index (χ2n) is 4.99. The number of halogens is 2. The first-order valence-electron chi connectivity index (χ1n) is 6.67. The van der Waals surface area contributed by atoms with E-state index < -0.39 is 5.60 Å². The van der Waals surface area contributed by atoms with Crippen LogP contribution in [0.3, 0.4) is 0 Å². The van der Waals surface area contributed by atoms with Gasteiger partial charge in [-0.2, -0.15) is 0 Å². The maximum absolute atomic E-state index is 11.7. The molecule has 1 atom stereocenters. The molecule has 1 heterocycles. The maximum atomic E-state index is 11.7. The van der Waals surface area contributed by atoms with Crippen molar-refractivity contribution in [2.24, 2.45) is 0 Å². The predicted octanol–water partition coefficient (Wildman–Crippen LogP) is 1.17. The van der Waals surface area contributed by atoms with E-state index in [9.17, 15) is 9.90 Å². The van der Waals surface area contributed by atoms with E-state index in [4.69, 9.17) is 0 Å². The molecule has 0 aromatic heterocycles. The van der Waals surface area contributed by atoms with Crippen LogP contribution in [-0.2, 0) is 4.79 Å². The van der Waals surface area contributed by atoms with E-state index in [1.54, 1.807) is 0 Å². The van der Waals surface area contributed by atoms with Gasteiger partial charge < -0.3 is 21.1 Å². The number of rotatable bonds is 6. The van der Waals surface area contributed by atoms with Crippen LogP contribution < -0.4 is 16.0 Å². The fourth-order valence-corrected chi connectivity index (χ4v) is 2.15. The molecule has 1 aromatic carbocycles. The molecule has 2 rings (SSSR count). The third-order valence-electron chi connectivity index (χ3n) is 3.26. The molecule has 0 saturated carbocycles. The van der Waals surface area contributed by atoms with E-state index >= 15 is 0 Å². The number of hydrogen-bond donors (Lipinski definition) is 4. The Balaban J connectivity index is 0.00000200. The largest absolute Gasteiger partial charge is 0.387 e. The summed E-state index contributed by atoms with van der Waals surface area (Å²) in [6, 6.07) is 9.40. The van der Waals surface area contributed by atoms with Crippen LogP contribution >= 0.6 is 24.8 Å². The first kappa shape index (κ1) is 20.1. The Kier molecular flexibility index (Phi) is 9.57. The summed E-state index contributed by atoms with van der Waals surface area (Å²) in [6.07, 6.45) is 1.16.